The zero-order valence-electron chi connectivity index (χ0n) is 21.2. The van der Waals surface area contributed by atoms with Crippen LogP contribution >= 0.6 is 0 Å². The highest BCUT2D eigenvalue weighted by Gasteiger charge is 2.32. The van der Waals surface area contributed by atoms with Gasteiger partial charge in [0, 0.05) is 23.5 Å². The first-order valence-electron chi connectivity index (χ1n) is 12.2. The lowest BCUT2D eigenvalue weighted by Gasteiger charge is -2.27. The molecule has 0 aliphatic heterocycles. The molecular weight excluding hydrogens is 480 g/mol. The van der Waals surface area contributed by atoms with Gasteiger partial charge in [-0.1, -0.05) is 38.5 Å². The number of fused-ring (bicyclic) bond motifs is 1. The molecular formula is C25H36N6O6. The number of carboxylic acid groups (broad SMARTS) is 1. The van der Waals surface area contributed by atoms with Crippen molar-refractivity contribution in [3.05, 3.63) is 36.0 Å². The van der Waals surface area contributed by atoms with Gasteiger partial charge < -0.3 is 37.5 Å². The highest BCUT2D eigenvalue weighted by Crippen LogP contribution is 2.19. The number of amides is 4. The molecule has 0 aliphatic rings. The molecule has 1 aromatic carbocycles. The molecule has 0 bridgehead atoms. The second-order valence-electron chi connectivity index (χ2n) is 9.18. The molecule has 0 radical (unpaired) electrons. The van der Waals surface area contributed by atoms with Gasteiger partial charge in [0.25, 0.3) is 0 Å². The summed E-state index contributed by atoms with van der Waals surface area (Å²) in [5, 5.41) is 17.5. The van der Waals surface area contributed by atoms with Crippen molar-refractivity contribution in [3.63, 3.8) is 0 Å². The van der Waals surface area contributed by atoms with Crippen LogP contribution in [0.25, 0.3) is 10.9 Å². The summed E-state index contributed by atoms with van der Waals surface area (Å²) < 4.78 is 0. The Morgan fingerprint density at radius 3 is 2.30 bits per heavy atom. The van der Waals surface area contributed by atoms with Gasteiger partial charge in [0.15, 0.2) is 0 Å². The third-order valence-corrected chi connectivity index (χ3v) is 6.29. The van der Waals surface area contributed by atoms with Gasteiger partial charge >= 0.3 is 5.97 Å². The molecule has 0 saturated carbocycles. The third-order valence-electron chi connectivity index (χ3n) is 6.29. The fourth-order valence-electron chi connectivity index (χ4n) is 3.78. The van der Waals surface area contributed by atoms with E-state index in [1.165, 1.54) is 6.92 Å². The minimum atomic E-state index is -1.26. The maximum absolute atomic E-state index is 13.2. The first-order chi connectivity index (χ1) is 17.4. The number of H-pyrrole nitrogens is 1. The lowest BCUT2D eigenvalue weighted by Crippen LogP contribution is -2.58. The number of aromatic amines is 1. The maximum atomic E-state index is 13.2. The van der Waals surface area contributed by atoms with E-state index in [1.54, 1.807) is 13.1 Å². The minimum absolute atomic E-state index is 0.138. The SMILES string of the molecule is CCC(C)C(NC(=O)C(N)Cc1c[nH]c2ccccc12)C(=O)NC(CCC(N)=O)C(=O)NC(C)C(=O)O. The van der Waals surface area contributed by atoms with Gasteiger partial charge in [-0.05, 0) is 37.3 Å². The van der Waals surface area contributed by atoms with Crippen LogP contribution in [0.1, 0.15) is 45.6 Å². The topological polar surface area (TPSA) is 209 Å². The summed E-state index contributed by atoms with van der Waals surface area (Å²) in [6.45, 7) is 4.87. The number of carbonyl (C=O) groups excluding carboxylic acids is 4. The van der Waals surface area contributed by atoms with Gasteiger partial charge in [-0.3, -0.25) is 24.0 Å². The summed E-state index contributed by atoms with van der Waals surface area (Å²) in [6, 6.07) is 3.20. The van der Waals surface area contributed by atoms with Crippen molar-refractivity contribution in [1.82, 2.24) is 20.9 Å². The fourth-order valence-corrected chi connectivity index (χ4v) is 3.78. The fraction of sp³-hybridized carbons (Fsp3) is 0.480. The van der Waals surface area contributed by atoms with Crippen molar-refractivity contribution < 1.29 is 29.1 Å². The van der Waals surface area contributed by atoms with Crippen LogP contribution in [0.3, 0.4) is 0 Å². The Labute approximate surface area is 214 Å². The summed E-state index contributed by atoms with van der Waals surface area (Å²) in [5.74, 6) is -4.25. The molecule has 37 heavy (non-hydrogen) atoms. The molecule has 1 heterocycles. The Bertz CT molecular complexity index is 1130. The summed E-state index contributed by atoms with van der Waals surface area (Å²) in [7, 11) is 0. The molecule has 5 unspecified atom stereocenters. The smallest absolute Gasteiger partial charge is 0.325 e. The van der Waals surface area contributed by atoms with E-state index in [4.69, 9.17) is 16.6 Å². The van der Waals surface area contributed by atoms with E-state index in [0.717, 1.165) is 16.5 Å². The van der Waals surface area contributed by atoms with Crippen LogP contribution in [-0.2, 0) is 30.4 Å². The summed E-state index contributed by atoms with van der Waals surface area (Å²) in [6.07, 6.45) is 2.21. The molecule has 0 saturated heterocycles. The lowest BCUT2D eigenvalue weighted by atomic mass is 9.96. The molecule has 5 atom stereocenters. The Balaban J connectivity index is 2.13. The normalized spacial score (nSPS) is 15.1. The summed E-state index contributed by atoms with van der Waals surface area (Å²) >= 11 is 0. The largest absolute Gasteiger partial charge is 0.480 e. The zero-order chi connectivity index (χ0) is 27.7. The quantitative estimate of drug-likeness (QED) is 0.181. The molecule has 0 fully saturated rings. The Morgan fingerprint density at radius 1 is 1.00 bits per heavy atom. The number of carboxylic acids is 1. The van der Waals surface area contributed by atoms with Gasteiger partial charge in [0.1, 0.15) is 18.1 Å². The molecule has 12 nitrogen and oxygen atoms in total. The second kappa shape index (κ2) is 13.4. The van der Waals surface area contributed by atoms with Crippen LogP contribution in [0.4, 0.5) is 0 Å². The van der Waals surface area contributed by atoms with Crippen LogP contribution in [0.5, 0.6) is 0 Å². The average Bonchev–Trinajstić information content (AvgIpc) is 3.26. The number of benzene rings is 1. The standard InChI is InChI=1S/C25H36N6O6/c1-4-13(2)21(24(35)30-19(9-10-20(27)32)23(34)29-14(3)25(36)37)31-22(33)17(26)11-15-12-28-18-8-6-5-7-16(15)18/h5-8,12-14,17,19,21,28H,4,9-11,26H2,1-3H3,(H2,27,32)(H,29,34)(H,30,35)(H,31,33)(H,36,37). The van der Waals surface area contributed by atoms with E-state index in [0.29, 0.717) is 6.42 Å². The van der Waals surface area contributed by atoms with Crippen LogP contribution in [-0.4, -0.2) is 63.9 Å². The first-order valence-corrected chi connectivity index (χ1v) is 12.2. The molecule has 9 N–H and O–H groups in total. The lowest BCUT2D eigenvalue weighted by molar-refractivity contribution is -0.142. The van der Waals surface area contributed by atoms with E-state index in [1.807, 2.05) is 31.2 Å². The Kier molecular flexibility index (Phi) is 10.6. The van der Waals surface area contributed by atoms with E-state index in [9.17, 15) is 24.0 Å². The Hall–Kier alpha value is -3.93. The number of primary amides is 1. The predicted molar refractivity (Wildman–Crippen MR) is 137 cm³/mol. The van der Waals surface area contributed by atoms with Crippen LogP contribution in [0.15, 0.2) is 30.5 Å². The molecule has 202 valence electrons. The monoisotopic (exact) mass is 516 g/mol. The van der Waals surface area contributed by atoms with Crippen LogP contribution < -0.4 is 27.4 Å². The van der Waals surface area contributed by atoms with Crippen molar-refractivity contribution in [1.29, 1.82) is 0 Å². The summed E-state index contributed by atoms with van der Waals surface area (Å²) in [5.41, 5.74) is 13.1. The number of hydrogen-bond donors (Lipinski definition) is 7. The highest BCUT2D eigenvalue weighted by atomic mass is 16.4. The second-order valence-corrected chi connectivity index (χ2v) is 9.18. The number of hydrogen-bond acceptors (Lipinski definition) is 6. The van der Waals surface area contributed by atoms with Crippen molar-refractivity contribution in [2.24, 2.45) is 17.4 Å². The molecule has 12 heteroatoms. The van der Waals surface area contributed by atoms with E-state index < -0.39 is 53.8 Å². The highest BCUT2D eigenvalue weighted by molar-refractivity contribution is 5.94. The number of rotatable bonds is 14. The maximum Gasteiger partial charge on any atom is 0.325 e. The van der Waals surface area contributed by atoms with Gasteiger partial charge in [-0.2, -0.15) is 0 Å². The number of para-hydroxylation sites is 1. The average molecular weight is 517 g/mol. The molecule has 2 rings (SSSR count). The van der Waals surface area contributed by atoms with Crippen molar-refractivity contribution in [2.75, 3.05) is 0 Å². The molecule has 1 aromatic heterocycles. The van der Waals surface area contributed by atoms with Gasteiger partial charge in [0.05, 0.1) is 6.04 Å². The van der Waals surface area contributed by atoms with E-state index >= 15 is 0 Å². The van der Waals surface area contributed by atoms with Gasteiger partial charge in [-0.25, -0.2) is 0 Å². The predicted octanol–water partition coefficient (Wildman–Crippen LogP) is -0.0918. The van der Waals surface area contributed by atoms with Gasteiger partial charge in [-0.15, -0.1) is 0 Å². The number of nitrogens with two attached hydrogens (primary N) is 2. The van der Waals surface area contributed by atoms with Crippen molar-refractivity contribution >= 4 is 40.5 Å². The molecule has 0 aliphatic carbocycles. The number of aromatic nitrogens is 1. The van der Waals surface area contributed by atoms with Gasteiger partial charge in [0.2, 0.25) is 23.6 Å². The minimum Gasteiger partial charge on any atom is -0.480 e. The van der Waals surface area contributed by atoms with Crippen LogP contribution in [0.2, 0.25) is 0 Å². The van der Waals surface area contributed by atoms with E-state index in [-0.39, 0.29) is 25.2 Å². The first kappa shape index (κ1) is 29.3. The number of aliphatic carboxylic acids is 1. The molecule has 2 aromatic rings. The summed E-state index contributed by atoms with van der Waals surface area (Å²) in [4.78, 5) is 64.3. The Morgan fingerprint density at radius 2 is 1.68 bits per heavy atom. The number of carbonyl (C=O) groups is 5. The van der Waals surface area contributed by atoms with Crippen molar-refractivity contribution in [3.8, 4) is 0 Å². The molecule has 0 spiro atoms. The van der Waals surface area contributed by atoms with Crippen LogP contribution in [0, 0.1) is 5.92 Å². The van der Waals surface area contributed by atoms with E-state index in [2.05, 4.69) is 20.9 Å². The third kappa shape index (κ3) is 8.31. The molecule has 4 amide bonds. The zero-order valence-corrected chi connectivity index (χ0v) is 21.2. The number of nitrogens with one attached hydrogen (secondary N) is 4. The van der Waals surface area contributed by atoms with Crippen molar-refractivity contribution in [2.45, 2.75) is 70.6 Å².